The van der Waals surface area contributed by atoms with Crippen molar-refractivity contribution in [2.45, 2.75) is 33.7 Å². The van der Waals surface area contributed by atoms with E-state index >= 15 is 0 Å². The van der Waals surface area contributed by atoms with Gasteiger partial charge < -0.3 is 14.8 Å². The quantitative estimate of drug-likeness (QED) is 0.650. The second-order valence-electron chi connectivity index (χ2n) is 6.93. The van der Waals surface area contributed by atoms with Gasteiger partial charge in [-0.15, -0.1) is 0 Å². The summed E-state index contributed by atoms with van der Waals surface area (Å²) in [5.41, 5.74) is 0.881. The van der Waals surface area contributed by atoms with Crippen LogP contribution in [-0.2, 0) is 11.3 Å². The molecule has 0 unspecified atom stereocenters. The molecule has 2 aromatic rings. The molecule has 2 rings (SSSR count). The number of hydrogen-bond donors (Lipinski definition) is 1. The first-order chi connectivity index (χ1) is 11.8. The fourth-order valence-corrected chi connectivity index (χ4v) is 2.12. The number of hydrogen-bond acceptors (Lipinski definition) is 4. The van der Waals surface area contributed by atoms with Gasteiger partial charge in [0.1, 0.15) is 11.5 Å². The van der Waals surface area contributed by atoms with Crippen LogP contribution in [0.2, 0.25) is 0 Å². The summed E-state index contributed by atoms with van der Waals surface area (Å²) in [6.45, 7) is 6.50. The molecule has 0 spiro atoms. The summed E-state index contributed by atoms with van der Waals surface area (Å²) in [4.78, 5) is 23.5. The first-order valence-corrected chi connectivity index (χ1v) is 8.12. The Bertz CT molecular complexity index is 703. The van der Waals surface area contributed by atoms with Gasteiger partial charge in [-0.2, -0.15) is 0 Å². The lowest BCUT2D eigenvalue weighted by atomic mass is 9.92. The number of para-hydroxylation sites is 1. The molecule has 2 aromatic carbocycles. The highest BCUT2D eigenvalue weighted by Gasteiger charge is 2.15. The minimum absolute atomic E-state index is 0.0132. The van der Waals surface area contributed by atoms with E-state index in [0.717, 1.165) is 5.56 Å². The Morgan fingerprint density at radius 2 is 1.44 bits per heavy atom. The lowest BCUT2D eigenvalue weighted by Crippen LogP contribution is -2.27. The number of carbonyl (C=O) groups excluding carboxylic acids is 2. The molecule has 0 aliphatic carbocycles. The minimum atomic E-state index is -0.794. The van der Waals surface area contributed by atoms with Crippen LogP contribution in [0.3, 0.4) is 0 Å². The van der Waals surface area contributed by atoms with Crippen LogP contribution in [-0.4, -0.2) is 12.1 Å². The molecular formula is C20H23NO4. The van der Waals surface area contributed by atoms with Crippen LogP contribution in [0.4, 0.5) is 4.79 Å². The first-order valence-electron chi connectivity index (χ1n) is 8.12. The minimum Gasteiger partial charge on any atom is -0.395 e. The highest BCUT2D eigenvalue weighted by Crippen LogP contribution is 2.18. The zero-order chi connectivity index (χ0) is 18.3. The van der Waals surface area contributed by atoms with Gasteiger partial charge in [-0.3, -0.25) is 4.79 Å². The van der Waals surface area contributed by atoms with E-state index in [9.17, 15) is 9.59 Å². The van der Waals surface area contributed by atoms with Crippen molar-refractivity contribution in [3.8, 4) is 11.5 Å². The molecule has 25 heavy (non-hydrogen) atoms. The third-order valence-corrected chi connectivity index (χ3v) is 3.25. The van der Waals surface area contributed by atoms with Crippen molar-refractivity contribution in [2.75, 3.05) is 0 Å². The van der Waals surface area contributed by atoms with Crippen molar-refractivity contribution in [3.63, 3.8) is 0 Å². The molecule has 132 valence electrons. The molecule has 5 heteroatoms. The molecular weight excluding hydrogens is 318 g/mol. The number of carbonyl (C=O) groups is 2. The van der Waals surface area contributed by atoms with E-state index in [1.807, 2.05) is 26.8 Å². The van der Waals surface area contributed by atoms with Crippen molar-refractivity contribution in [3.05, 3.63) is 60.2 Å². The van der Waals surface area contributed by atoms with E-state index < -0.39 is 6.16 Å². The third kappa shape index (κ3) is 7.08. The summed E-state index contributed by atoms with van der Waals surface area (Å²) in [6.07, 6.45) is -0.322. The predicted molar refractivity (Wildman–Crippen MR) is 95.5 cm³/mol. The van der Waals surface area contributed by atoms with E-state index in [1.54, 1.807) is 48.5 Å². The average Bonchev–Trinajstić information content (AvgIpc) is 2.53. The summed E-state index contributed by atoms with van der Waals surface area (Å²) >= 11 is 0. The lowest BCUT2D eigenvalue weighted by Gasteiger charge is -2.17. The standard InChI is InChI=1S/C20H23NO4/c1-20(2,3)13-18(22)21-14-15-9-11-17(12-10-15)25-19(23)24-16-7-5-4-6-8-16/h4-12H,13-14H2,1-3H3,(H,21,22). The van der Waals surface area contributed by atoms with E-state index in [2.05, 4.69) is 5.32 Å². The van der Waals surface area contributed by atoms with Gasteiger partial charge in [0.25, 0.3) is 0 Å². The Morgan fingerprint density at radius 1 is 0.880 bits per heavy atom. The molecule has 0 aliphatic heterocycles. The van der Waals surface area contributed by atoms with Crippen LogP contribution in [0.5, 0.6) is 11.5 Å². The van der Waals surface area contributed by atoms with Gasteiger partial charge in [0.2, 0.25) is 5.91 Å². The topological polar surface area (TPSA) is 64.6 Å². The van der Waals surface area contributed by atoms with Crippen LogP contribution < -0.4 is 14.8 Å². The molecule has 0 radical (unpaired) electrons. The van der Waals surface area contributed by atoms with Gasteiger partial charge in [-0.05, 0) is 35.2 Å². The molecule has 0 saturated heterocycles. The highest BCUT2D eigenvalue weighted by atomic mass is 16.7. The average molecular weight is 341 g/mol. The molecule has 0 heterocycles. The Kier molecular flexibility index (Phi) is 6.17. The van der Waals surface area contributed by atoms with Crippen LogP contribution in [0, 0.1) is 5.41 Å². The maximum atomic E-state index is 11.8. The van der Waals surface area contributed by atoms with Gasteiger partial charge in [0.15, 0.2) is 0 Å². The summed E-state index contributed by atoms with van der Waals surface area (Å²) in [5.74, 6) is 0.815. The van der Waals surface area contributed by atoms with E-state index in [0.29, 0.717) is 24.5 Å². The van der Waals surface area contributed by atoms with Crippen LogP contribution >= 0.6 is 0 Å². The van der Waals surface area contributed by atoms with Gasteiger partial charge in [-0.25, -0.2) is 4.79 Å². The SMILES string of the molecule is CC(C)(C)CC(=O)NCc1ccc(OC(=O)Oc2ccccc2)cc1. The summed E-state index contributed by atoms with van der Waals surface area (Å²) in [5, 5.41) is 2.88. The first kappa shape index (κ1) is 18.5. The second kappa shape index (κ2) is 8.33. The molecule has 0 aromatic heterocycles. The fraction of sp³-hybridized carbons (Fsp3) is 0.300. The summed E-state index contributed by atoms with van der Waals surface area (Å²) in [7, 11) is 0. The summed E-state index contributed by atoms with van der Waals surface area (Å²) in [6, 6.07) is 15.6. The summed E-state index contributed by atoms with van der Waals surface area (Å²) < 4.78 is 10.2. The Morgan fingerprint density at radius 3 is 2.00 bits per heavy atom. The zero-order valence-electron chi connectivity index (χ0n) is 14.7. The number of nitrogens with one attached hydrogen (secondary N) is 1. The molecule has 0 saturated carbocycles. The van der Waals surface area contributed by atoms with Crippen molar-refractivity contribution in [2.24, 2.45) is 5.41 Å². The monoisotopic (exact) mass is 341 g/mol. The Labute approximate surface area is 148 Å². The van der Waals surface area contributed by atoms with Crippen molar-refractivity contribution in [1.82, 2.24) is 5.32 Å². The second-order valence-corrected chi connectivity index (χ2v) is 6.93. The molecule has 1 N–H and O–H groups in total. The molecule has 0 aliphatic rings. The molecule has 0 atom stereocenters. The largest absolute Gasteiger partial charge is 0.519 e. The maximum absolute atomic E-state index is 11.8. The van der Waals surface area contributed by atoms with Crippen molar-refractivity contribution in [1.29, 1.82) is 0 Å². The van der Waals surface area contributed by atoms with Gasteiger partial charge in [0, 0.05) is 13.0 Å². The maximum Gasteiger partial charge on any atom is 0.519 e. The van der Waals surface area contributed by atoms with Crippen molar-refractivity contribution < 1.29 is 19.1 Å². The van der Waals surface area contributed by atoms with E-state index in [4.69, 9.17) is 9.47 Å². The smallest absolute Gasteiger partial charge is 0.395 e. The van der Waals surface area contributed by atoms with Gasteiger partial charge in [-0.1, -0.05) is 51.1 Å². The highest BCUT2D eigenvalue weighted by molar-refractivity contribution is 5.76. The number of ether oxygens (including phenoxy) is 2. The van der Waals surface area contributed by atoms with Gasteiger partial charge >= 0.3 is 6.16 Å². The Hall–Kier alpha value is -2.82. The molecule has 0 bridgehead atoms. The lowest BCUT2D eigenvalue weighted by molar-refractivity contribution is -0.122. The predicted octanol–water partition coefficient (Wildman–Crippen LogP) is 4.32. The zero-order valence-corrected chi connectivity index (χ0v) is 14.7. The van der Waals surface area contributed by atoms with Gasteiger partial charge in [0.05, 0.1) is 0 Å². The van der Waals surface area contributed by atoms with Crippen LogP contribution in [0.15, 0.2) is 54.6 Å². The Balaban J connectivity index is 1.81. The molecule has 5 nitrogen and oxygen atoms in total. The fourth-order valence-electron chi connectivity index (χ4n) is 2.12. The van der Waals surface area contributed by atoms with Crippen molar-refractivity contribution >= 4 is 12.1 Å². The normalized spacial score (nSPS) is 10.8. The van der Waals surface area contributed by atoms with Crippen LogP contribution in [0.1, 0.15) is 32.8 Å². The third-order valence-electron chi connectivity index (χ3n) is 3.25. The number of amides is 1. The molecule has 0 fully saturated rings. The van der Waals surface area contributed by atoms with E-state index in [1.165, 1.54) is 0 Å². The van der Waals surface area contributed by atoms with Crippen LogP contribution in [0.25, 0.3) is 0 Å². The molecule has 1 amide bonds. The number of rotatable bonds is 5. The number of benzene rings is 2. The van der Waals surface area contributed by atoms with E-state index in [-0.39, 0.29) is 11.3 Å².